The molecule has 82 valence electrons. The molecular weight excluding hydrogens is 218 g/mol. The van der Waals surface area contributed by atoms with E-state index in [2.05, 4.69) is 14.9 Å². The zero-order chi connectivity index (χ0) is 10.8. The number of anilines is 1. The van der Waals surface area contributed by atoms with Gasteiger partial charge < -0.3 is 14.4 Å². The molecule has 1 fully saturated rings. The Morgan fingerprint density at radius 1 is 1.40 bits per heavy atom. The highest BCUT2D eigenvalue weighted by Gasteiger charge is 2.28. The number of methoxy groups -OCH3 is 2. The van der Waals surface area contributed by atoms with Gasteiger partial charge in [-0.05, 0) is 0 Å². The first-order chi connectivity index (χ1) is 7.22. The van der Waals surface area contributed by atoms with Crippen molar-refractivity contribution in [2.24, 2.45) is 0 Å². The second-order valence-corrected chi connectivity index (χ2v) is 3.69. The third-order valence-corrected chi connectivity index (χ3v) is 2.54. The molecule has 1 aliphatic rings. The van der Waals surface area contributed by atoms with Gasteiger partial charge in [0.05, 0.1) is 13.2 Å². The summed E-state index contributed by atoms with van der Waals surface area (Å²) in [5, 5.41) is 0.387. The van der Waals surface area contributed by atoms with Gasteiger partial charge in [0.1, 0.15) is 11.0 Å². The maximum atomic E-state index is 5.84. The molecule has 0 amide bonds. The van der Waals surface area contributed by atoms with Crippen LogP contribution in [0.25, 0.3) is 0 Å². The van der Waals surface area contributed by atoms with Crippen LogP contribution >= 0.6 is 11.6 Å². The molecule has 1 aromatic heterocycles. The fourth-order valence-electron chi connectivity index (χ4n) is 1.41. The Morgan fingerprint density at radius 3 is 2.73 bits per heavy atom. The van der Waals surface area contributed by atoms with Gasteiger partial charge in [-0.1, -0.05) is 11.6 Å². The quantitative estimate of drug-likeness (QED) is 0.723. The minimum Gasteiger partial charge on any atom is -0.467 e. The molecule has 15 heavy (non-hydrogen) atoms. The zero-order valence-corrected chi connectivity index (χ0v) is 9.36. The van der Waals surface area contributed by atoms with Crippen LogP contribution in [0, 0.1) is 0 Å². The van der Waals surface area contributed by atoms with Gasteiger partial charge in [-0.15, -0.1) is 0 Å². The van der Waals surface area contributed by atoms with Gasteiger partial charge in [-0.3, -0.25) is 0 Å². The van der Waals surface area contributed by atoms with E-state index in [0.717, 1.165) is 18.9 Å². The van der Waals surface area contributed by atoms with Crippen molar-refractivity contribution >= 4 is 17.4 Å². The van der Waals surface area contributed by atoms with E-state index in [0.29, 0.717) is 11.2 Å². The van der Waals surface area contributed by atoms with Crippen LogP contribution in [-0.4, -0.2) is 43.4 Å². The lowest BCUT2D eigenvalue weighted by molar-refractivity contribution is 0.0782. The van der Waals surface area contributed by atoms with Gasteiger partial charge in [-0.25, -0.2) is 0 Å². The molecule has 1 saturated heterocycles. The first-order valence-electron chi connectivity index (χ1n) is 4.59. The summed E-state index contributed by atoms with van der Waals surface area (Å²) < 4.78 is 10.1. The zero-order valence-electron chi connectivity index (χ0n) is 8.61. The van der Waals surface area contributed by atoms with Gasteiger partial charge in [0.2, 0.25) is 0 Å². The van der Waals surface area contributed by atoms with Gasteiger partial charge in [-0.2, -0.15) is 9.97 Å². The molecule has 1 aliphatic heterocycles. The van der Waals surface area contributed by atoms with E-state index in [1.54, 1.807) is 13.2 Å². The van der Waals surface area contributed by atoms with Crippen LogP contribution in [0.1, 0.15) is 0 Å². The van der Waals surface area contributed by atoms with Crippen LogP contribution in [0.4, 0.5) is 5.82 Å². The van der Waals surface area contributed by atoms with Gasteiger partial charge in [0.15, 0.2) is 0 Å². The van der Waals surface area contributed by atoms with Crippen molar-refractivity contribution < 1.29 is 9.47 Å². The molecule has 0 aromatic carbocycles. The standard InChI is InChI=1S/C9H12ClN3O2/c1-14-6-4-13(5-6)8-3-7(10)11-9(12-8)15-2/h3,6H,4-5H2,1-2H3. The van der Waals surface area contributed by atoms with Gasteiger partial charge in [0.25, 0.3) is 0 Å². The van der Waals surface area contributed by atoms with Crippen molar-refractivity contribution in [2.45, 2.75) is 6.10 Å². The molecule has 2 heterocycles. The maximum Gasteiger partial charge on any atom is 0.319 e. The molecule has 0 bridgehead atoms. The topological polar surface area (TPSA) is 47.5 Å². The van der Waals surface area contributed by atoms with Crippen molar-refractivity contribution in [1.29, 1.82) is 0 Å². The summed E-state index contributed by atoms with van der Waals surface area (Å²) >= 11 is 5.84. The summed E-state index contributed by atoms with van der Waals surface area (Å²) in [6.07, 6.45) is 0.282. The maximum absolute atomic E-state index is 5.84. The van der Waals surface area contributed by atoms with Crippen LogP contribution in [0.3, 0.4) is 0 Å². The molecule has 0 atom stereocenters. The minimum absolute atomic E-state index is 0.282. The highest BCUT2D eigenvalue weighted by Crippen LogP contribution is 2.24. The molecule has 1 aromatic rings. The molecule has 2 rings (SSSR count). The molecule has 0 N–H and O–H groups in total. The Kier molecular flexibility index (Phi) is 2.93. The second kappa shape index (κ2) is 4.20. The number of ether oxygens (including phenoxy) is 2. The van der Waals surface area contributed by atoms with E-state index < -0.39 is 0 Å². The smallest absolute Gasteiger partial charge is 0.319 e. The van der Waals surface area contributed by atoms with Crippen molar-refractivity contribution in [3.05, 3.63) is 11.2 Å². The summed E-state index contributed by atoms with van der Waals surface area (Å²) in [7, 11) is 3.22. The number of aromatic nitrogens is 2. The molecule has 0 saturated carbocycles. The predicted octanol–water partition coefficient (Wildman–Crippen LogP) is 0.974. The summed E-state index contributed by atoms with van der Waals surface area (Å²) in [5.74, 6) is 0.778. The van der Waals surface area contributed by atoms with E-state index in [-0.39, 0.29) is 6.10 Å². The first-order valence-corrected chi connectivity index (χ1v) is 4.97. The molecule has 0 aliphatic carbocycles. The molecule has 5 nitrogen and oxygen atoms in total. The van der Waals surface area contributed by atoms with Crippen LogP contribution < -0.4 is 9.64 Å². The molecular formula is C9H12ClN3O2. The Bertz CT molecular complexity index is 355. The largest absolute Gasteiger partial charge is 0.467 e. The average Bonchev–Trinajstić information content (AvgIpc) is 2.15. The monoisotopic (exact) mass is 229 g/mol. The first kappa shape index (κ1) is 10.4. The van der Waals surface area contributed by atoms with Crippen LogP contribution in [0.2, 0.25) is 5.15 Å². The van der Waals surface area contributed by atoms with Gasteiger partial charge in [0, 0.05) is 26.3 Å². The highest BCUT2D eigenvalue weighted by molar-refractivity contribution is 6.29. The van der Waals surface area contributed by atoms with E-state index in [1.807, 2.05) is 0 Å². The van der Waals surface area contributed by atoms with E-state index in [4.69, 9.17) is 21.1 Å². The normalized spacial score (nSPS) is 16.3. The Hall–Kier alpha value is -1.07. The van der Waals surface area contributed by atoms with Gasteiger partial charge >= 0.3 is 6.01 Å². The SMILES string of the molecule is COc1nc(Cl)cc(N2CC(OC)C2)n1. The van der Waals surface area contributed by atoms with Crippen molar-refractivity contribution in [3.8, 4) is 6.01 Å². The lowest BCUT2D eigenvalue weighted by Gasteiger charge is -2.38. The lowest BCUT2D eigenvalue weighted by Crippen LogP contribution is -2.52. The molecule has 6 heteroatoms. The number of halogens is 1. The summed E-state index contributed by atoms with van der Waals surface area (Å²) in [6.45, 7) is 1.65. The molecule has 0 radical (unpaired) electrons. The van der Waals surface area contributed by atoms with E-state index in [1.165, 1.54) is 7.11 Å². The number of hydrogen-bond donors (Lipinski definition) is 0. The van der Waals surface area contributed by atoms with Crippen molar-refractivity contribution in [1.82, 2.24) is 9.97 Å². The minimum atomic E-state index is 0.282. The fraction of sp³-hybridized carbons (Fsp3) is 0.556. The molecule has 0 unspecified atom stereocenters. The van der Waals surface area contributed by atoms with Crippen LogP contribution in [-0.2, 0) is 4.74 Å². The van der Waals surface area contributed by atoms with E-state index in [9.17, 15) is 0 Å². The van der Waals surface area contributed by atoms with Crippen molar-refractivity contribution in [3.63, 3.8) is 0 Å². The summed E-state index contributed by atoms with van der Waals surface area (Å²) in [4.78, 5) is 10.2. The Labute approximate surface area is 93.0 Å². The third-order valence-electron chi connectivity index (χ3n) is 2.35. The number of hydrogen-bond acceptors (Lipinski definition) is 5. The Balaban J connectivity index is 2.12. The molecule has 0 spiro atoms. The third kappa shape index (κ3) is 2.13. The van der Waals surface area contributed by atoms with Crippen molar-refractivity contribution in [2.75, 3.05) is 32.2 Å². The number of nitrogens with zero attached hydrogens (tertiary/aromatic N) is 3. The highest BCUT2D eigenvalue weighted by atomic mass is 35.5. The van der Waals surface area contributed by atoms with Crippen LogP contribution in [0.15, 0.2) is 6.07 Å². The average molecular weight is 230 g/mol. The number of rotatable bonds is 3. The van der Waals surface area contributed by atoms with E-state index >= 15 is 0 Å². The fourth-order valence-corrected chi connectivity index (χ4v) is 1.58. The predicted molar refractivity (Wildman–Crippen MR) is 56.6 cm³/mol. The summed E-state index contributed by atoms with van der Waals surface area (Å²) in [6, 6.07) is 2.01. The summed E-state index contributed by atoms with van der Waals surface area (Å²) in [5.41, 5.74) is 0. The second-order valence-electron chi connectivity index (χ2n) is 3.30. The van der Waals surface area contributed by atoms with Crippen LogP contribution in [0.5, 0.6) is 6.01 Å². The Morgan fingerprint density at radius 2 is 2.13 bits per heavy atom. The lowest BCUT2D eigenvalue weighted by atomic mass is 10.2.